The van der Waals surface area contributed by atoms with Gasteiger partial charge in [0.25, 0.3) is 0 Å². The van der Waals surface area contributed by atoms with Gasteiger partial charge in [0.05, 0.1) is 0 Å². The van der Waals surface area contributed by atoms with Gasteiger partial charge in [-0.2, -0.15) is 0 Å². The molecule has 4 heteroatoms. The van der Waals surface area contributed by atoms with Crippen molar-refractivity contribution in [3.8, 4) is 0 Å². The van der Waals surface area contributed by atoms with Gasteiger partial charge in [0, 0.05) is 6.04 Å². The summed E-state index contributed by atoms with van der Waals surface area (Å²) in [6.45, 7) is 11.0. The van der Waals surface area contributed by atoms with Gasteiger partial charge in [-0.1, -0.05) is 27.2 Å². The Morgan fingerprint density at radius 1 is 1.40 bits per heavy atom. The molecule has 0 aromatic carbocycles. The Bertz CT molecular complexity index is 406. The SMILES string of the molecule is CCC(C)(C)C1CCC2(CC1)C(=N)NC(=O)N2C(C)C. The van der Waals surface area contributed by atoms with Crippen LogP contribution in [-0.2, 0) is 0 Å². The molecule has 1 spiro atoms. The molecule has 1 heterocycles. The number of nitrogens with zero attached hydrogens (tertiary/aromatic N) is 1. The number of urea groups is 1. The van der Waals surface area contributed by atoms with Gasteiger partial charge in [-0.05, 0) is 50.9 Å². The summed E-state index contributed by atoms with van der Waals surface area (Å²) in [4.78, 5) is 14.0. The molecule has 0 bridgehead atoms. The Hall–Kier alpha value is -1.06. The normalized spacial score (nSPS) is 31.3. The Morgan fingerprint density at radius 2 is 1.95 bits per heavy atom. The van der Waals surface area contributed by atoms with Crippen molar-refractivity contribution in [2.24, 2.45) is 11.3 Å². The summed E-state index contributed by atoms with van der Waals surface area (Å²) in [5.41, 5.74) is 0.00801. The molecule has 1 saturated heterocycles. The maximum atomic E-state index is 12.1. The summed E-state index contributed by atoms with van der Waals surface area (Å²) in [6.07, 6.45) is 5.27. The molecule has 0 unspecified atom stereocenters. The third-order valence-corrected chi connectivity index (χ3v) is 5.72. The second-order valence-electron chi connectivity index (χ2n) is 7.42. The standard InChI is InChI=1S/C16H29N3O/c1-6-15(4,5)12-7-9-16(10-8-12)13(17)18-14(20)19(16)11(2)3/h11-12H,6-10H2,1-5H3,(H2,17,18,20). The van der Waals surface area contributed by atoms with Gasteiger partial charge in [0.15, 0.2) is 0 Å². The molecule has 2 rings (SSSR count). The minimum absolute atomic E-state index is 0.0850. The fraction of sp³-hybridized carbons (Fsp3) is 0.875. The van der Waals surface area contributed by atoms with Gasteiger partial charge in [-0.25, -0.2) is 4.79 Å². The third-order valence-electron chi connectivity index (χ3n) is 5.72. The summed E-state index contributed by atoms with van der Waals surface area (Å²) in [6, 6.07) is 0.0618. The lowest BCUT2D eigenvalue weighted by Gasteiger charge is -2.47. The summed E-state index contributed by atoms with van der Waals surface area (Å²) < 4.78 is 0. The van der Waals surface area contributed by atoms with E-state index in [9.17, 15) is 4.79 Å². The molecule has 1 saturated carbocycles. The molecule has 4 nitrogen and oxygen atoms in total. The monoisotopic (exact) mass is 279 g/mol. The van der Waals surface area contributed by atoms with Crippen LogP contribution in [0.4, 0.5) is 4.79 Å². The lowest BCUT2D eigenvalue weighted by Crippen LogP contribution is -2.55. The first kappa shape index (κ1) is 15.3. The second-order valence-corrected chi connectivity index (χ2v) is 7.42. The van der Waals surface area contributed by atoms with Crippen molar-refractivity contribution in [3.05, 3.63) is 0 Å². The van der Waals surface area contributed by atoms with E-state index in [1.807, 2.05) is 18.7 Å². The first-order chi connectivity index (χ1) is 9.24. The van der Waals surface area contributed by atoms with E-state index in [4.69, 9.17) is 5.41 Å². The van der Waals surface area contributed by atoms with Crippen molar-refractivity contribution >= 4 is 11.9 Å². The molecule has 0 aromatic heterocycles. The van der Waals surface area contributed by atoms with Crippen LogP contribution in [-0.4, -0.2) is 28.3 Å². The van der Waals surface area contributed by atoms with E-state index in [1.165, 1.54) is 6.42 Å². The van der Waals surface area contributed by atoms with Gasteiger partial charge in [-0.15, -0.1) is 0 Å². The van der Waals surface area contributed by atoms with Crippen molar-refractivity contribution in [3.63, 3.8) is 0 Å². The van der Waals surface area contributed by atoms with Gasteiger partial charge in [0.2, 0.25) is 0 Å². The molecule has 114 valence electrons. The molecule has 2 fully saturated rings. The number of hydrogen-bond acceptors (Lipinski definition) is 2. The highest BCUT2D eigenvalue weighted by atomic mass is 16.2. The zero-order valence-corrected chi connectivity index (χ0v) is 13.5. The van der Waals surface area contributed by atoms with Crippen LogP contribution < -0.4 is 5.32 Å². The van der Waals surface area contributed by atoms with Crippen LogP contribution in [0, 0.1) is 16.7 Å². The highest BCUT2D eigenvalue weighted by Gasteiger charge is 2.53. The van der Waals surface area contributed by atoms with Crippen LogP contribution in [0.2, 0.25) is 0 Å². The summed E-state index contributed by atoms with van der Waals surface area (Å²) in [5.74, 6) is 1.12. The average molecular weight is 279 g/mol. The Balaban J connectivity index is 2.18. The van der Waals surface area contributed by atoms with E-state index in [2.05, 4.69) is 26.1 Å². The van der Waals surface area contributed by atoms with E-state index >= 15 is 0 Å². The quantitative estimate of drug-likeness (QED) is 0.812. The van der Waals surface area contributed by atoms with Gasteiger partial charge in [-0.3, -0.25) is 10.7 Å². The van der Waals surface area contributed by atoms with Crippen LogP contribution in [0.1, 0.15) is 66.7 Å². The highest BCUT2D eigenvalue weighted by molar-refractivity contribution is 6.08. The van der Waals surface area contributed by atoms with Crippen molar-refractivity contribution in [2.75, 3.05) is 0 Å². The topological polar surface area (TPSA) is 56.2 Å². The van der Waals surface area contributed by atoms with Crippen molar-refractivity contribution in [1.82, 2.24) is 10.2 Å². The van der Waals surface area contributed by atoms with Gasteiger partial charge >= 0.3 is 6.03 Å². The Kier molecular flexibility index (Phi) is 3.87. The summed E-state index contributed by atoms with van der Waals surface area (Å²) in [7, 11) is 0. The molecule has 0 aromatic rings. The molecule has 0 radical (unpaired) electrons. The number of amides is 2. The molecular formula is C16H29N3O. The largest absolute Gasteiger partial charge is 0.323 e. The lowest BCUT2D eigenvalue weighted by atomic mass is 9.65. The van der Waals surface area contributed by atoms with Crippen LogP contribution in [0.25, 0.3) is 0 Å². The minimum Gasteiger partial charge on any atom is -0.309 e. The smallest absolute Gasteiger partial charge is 0.309 e. The highest BCUT2D eigenvalue weighted by Crippen LogP contribution is 2.47. The van der Waals surface area contributed by atoms with E-state index in [0.29, 0.717) is 17.2 Å². The van der Waals surface area contributed by atoms with Crippen LogP contribution in [0.5, 0.6) is 0 Å². The molecule has 0 atom stereocenters. The number of amidine groups is 1. The number of carbonyl (C=O) groups excluding carboxylic acids is 1. The van der Waals surface area contributed by atoms with Crippen molar-refractivity contribution in [2.45, 2.75) is 78.3 Å². The summed E-state index contributed by atoms with van der Waals surface area (Å²) >= 11 is 0. The maximum absolute atomic E-state index is 12.1. The van der Waals surface area contributed by atoms with E-state index < -0.39 is 0 Å². The maximum Gasteiger partial charge on any atom is 0.323 e. The first-order valence-electron chi connectivity index (χ1n) is 7.94. The fourth-order valence-corrected chi connectivity index (χ4v) is 3.98. The molecule has 1 aliphatic heterocycles. The second kappa shape index (κ2) is 5.05. The van der Waals surface area contributed by atoms with Crippen LogP contribution in [0.15, 0.2) is 0 Å². The molecule has 2 amide bonds. The van der Waals surface area contributed by atoms with Gasteiger partial charge in [0.1, 0.15) is 11.4 Å². The zero-order valence-electron chi connectivity index (χ0n) is 13.5. The fourth-order valence-electron chi connectivity index (χ4n) is 3.98. The molecular weight excluding hydrogens is 250 g/mol. The van der Waals surface area contributed by atoms with E-state index in [-0.39, 0.29) is 17.6 Å². The number of nitrogens with one attached hydrogen (secondary N) is 2. The third kappa shape index (κ3) is 2.23. The van der Waals surface area contributed by atoms with Crippen molar-refractivity contribution < 1.29 is 4.79 Å². The van der Waals surface area contributed by atoms with E-state index in [1.54, 1.807) is 0 Å². The Morgan fingerprint density at radius 3 is 2.40 bits per heavy atom. The Labute approximate surface area is 122 Å². The summed E-state index contributed by atoms with van der Waals surface area (Å²) in [5, 5.41) is 11.0. The zero-order chi connectivity index (χ0) is 15.1. The lowest BCUT2D eigenvalue weighted by molar-refractivity contribution is 0.0686. The van der Waals surface area contributed by atoms with Gasteiger partial charge < -0.3 is 4.90 Å². The molecule has 1 aliphatic carbocycles. The molecule has 2 aliphatic rings. The van der Waals surface area contributed by atoms with E-state index in [0.717, 1.165) is 25.7 Å². The number of carbonyl (C=O) groups is 1. The number of hydrogen-bond donors (Lipinski definition) is 2. The van der Waals surface area contributed by atoms with Crippen LogP contribution in [0.3, 0.4) is 0 Å². The van der Waals surface area contributed by atoms with Crippen LogP contribution >= 0.6 is 0 Å². The number of rotatable bonds is 3. The van der Waals surface area contributed by atoms with Crippen molar-refractivity contribution in [1.29, 1.82) is 5.41 Å². The average Bonchev–Trinajstić information content (AvgIpc) is 2.61. The molecule has 2 N–H and O–H groups in total. The predicted molar refractivity (Wildman–Crippen MR) is 82.0 cm³/mol. The molecule has 20 heavy (non-hydrogen) atoms. The minimum atomic E-state index is -0.356. The predicted octanol–water partition coefficient (Wildman–Crippen LogP) is 3.76. The first-order valence-corrected chi connectivity index (χ1v) is 7.94.